The molecule has 248 valence electrons. The molecule has 1 aliphatic rings. The Bertz CT molecular complexity index is 1620. The fraction of sp³-hybridized carbons (Fsp3) is 0.361. The molecule has 0 amide bonds. The molecule has 0 radical (unpaired) electrons. The lowest BCUT2D eigenvalue weighted by molar-refractivity contribution is -0.146. The number of methoxy groups -OCH3 is 2. The molecule has 1 N–H and O–H groups in total. The van der Waals surface area contributed by atoms with Crippen LogP contribution in [0, 0.1) is 6.92 Å². The molecule has 1 fully saturated rings. The number of aromatic nitrogens is 1. The van der Waals surface area contributed by atoms with E-state index in [1.807, 2.05) is 49.4 Å². The number of nitrogens with zero attached hydrogens (tertiary/aromatic N) is 2. The van der Waals surface area contributed by atoms with E-state index in [4.69, 9.17) is 30.5 Å². The monoisotopic (exact) mass is 677 g/mol. The van der Waals surface area contributed by atoms with E-state index in [1.165, 1.54) is 24.2 Å². The maximum absolute atomic E-state index is 13.6. The number of hydrogen-bond acceptors (Lipinski definition) is 10. The molecule has 0 aliphatic carbocycles. The van der Waals surface area contributed by atoms with Gasteiger partial charge < -0.3 is 18.9 Å². The lowest BCUT2D eigenvalue weighted by Crippen LogP contribution is -2.32. The first-order valence-electron chi connectivity index (χ1n) is 15.6. The van der Waals surface area contributed by atoms with Gasteiger partial charge in [0.2, 0.25) is 0 Å². The van der Waals surface area contributed by atoms with Crippen LogP contribution < -0.4 is 14.8 Å². The highest BCUT2D eigenvalue weighted by Gasteiger charge is 2.25. The van der Waals surface area contributed by atoms with E-state index in [9.17, 15) is 9.59 Å². The molecule has 0 saturated carbocycles. The van der Waals surface area contributed by atoms with Crippen molar-refractivity contribution in [3.63, 3.8) is 0 Å². The molecule has 1 unspecified atom stereocenters. The maximum atomic E-state index is 13.6. The van der Waals surface area contributed by atoms with Crippen LogP contribution in [0.4, 0.5) is 0 Å². The molecular formula is C36H40ClN3O6S. The molecule has 9 nitrogen and oxygen atoms in total. The van der Waals surface area contributed by atoms with Gasteiger partial charge >= 0.3 is 11.9 Å². The summed E-state index contributed by atoms with van der Waals surface area (Å²) in [5, 5.41) is 3.84. The van der Waals surface area contributed by atoms with Crippen molar-refractivity contribution in [3.8, 4) is 11.5 Å². The lowest BCUT2D eigenvalue weighted by Gasteiger charge is -2.21. The number of carbonyl (C=O) groups excluding carboxylic acids is 2. The van der Waals surface area contributed by atoms with Crippen LogP contribution in [0.2, 0.25) is 5.02 Å². The number of rotatable bonds is 15. The summed E-state index contributed by atoms with van der Waals surface area (Å²) in [6, 6.07) is 17.9. The van der Waals surface area contributed by atoms with Crippen LogP contribution in [-0.4, -0.2) is 62.3 Å². The van der Waals surface area contributed by atoms with Crippen LogP contribution in [0.15, 0.2) is 73.1 Å². The zero-order chi connectivity index (χ0) is 33.2. The van der Waals surface area contributed by atoms with Gasteiger partial charge in [0.15, 0.2) is 11.5 Å². The van der Waals surface area contributed by atoms with Crippen molar-refractivity contribution in [3.05, 3.63) is 110 Å². The number of carbonyl (C=O) groups is 2. The lowest BCUT2D eigenvalue weighted by atomic mass is 9.98. The quantitative estimate of drug-likeness (QED) is 0.137. The third kappa shape index (κ3) is 9.10. The second-order valence-corrected chi connectivity index (χ2v) is 12.9. The number of likely N-dealkylation sites (tertiary alicyclic amines) is 1. The van der Waals surface area contributed by atoms with Gasteiger partial charge in [-0.15, -0.1) is 11.3 Å². The van der Waals surface area contributed by atoms with E-state index in [0.29, 0.717) is 41.0 Å². The average molecular weight is 678 g/mol. The van der Waals surface area contributed by atoms with E-state index in [-0.39, 0.29) is 5.97 Å². The summed E-state index contributed by atoms with van der Waals surface area (Å²) >= 11 is 7.83. The normalized spacial score (nSPS) is 14.4. The topological polar surface area (TPSA) is 99.2 Å². The van der Waals surface area contributed by atoms with E-state index in [1.54, 1.807) is 44.8 Å². The molecule has 3 heterocycles. The molecule has 0 spiro atoms. The number of esters is 2. The van der Waals surface area contributed by atoms with E-state index < -0.39 is 18.1 Å². The van der Waals surface area contributed by atoms with Gasteiger partial charge in [-0.05, 0) is 79.4 Å². The molecular weight excluding hydrogens is 638 g/mol. The van der Waals surface area contributed by atoms with Crippen LogP contribution in [0.3, 0.4) is 0 Å². The summed E-state index contributed by atoms with van der Waals surface area (Å²) in [5.74, 6) is 0.300. The van der Waals surface area contributed by atoms with Crippen molar-refractivity contribution >= 4 is 34.9 Å². The number of thiophene rings is 1. The minimum Gasteiger partial charge on any atom is -0.493 e. The second-order valence-electron chi connectivity index (χ2n) is 11.3. The molecule has 4 aromatic rings. The van der Waals surface area contributed by atoms with Gasteiger partial charge in [0.25, 0.3) is 0 Å². The highest BCUT2D eigenvalue weighted by atomic mass is 35.5. The Hall–Kier alpha value is -3.96. The minimum absolute atomic E-state index is 0.325. The fourth-order valence-electron chi connectivity index (χ4n) is 5.60. The molecule has 1 aliphatic heterocycles. The highest BCUT2D eigenvalue weighted by Crippen LogP contribution is 2.35. The summed E-state index contributed by atoms with van der Waals surface area (Å²) in [4.78, 5) is 34.5. The first-order valence-corrected chi connectivity index (χ1v) is 16.8. The first-order chi connectivity index (χ1) is 22.9. The molecule has 2 aromatic heterocycles. The Morgan fingerprint density at radius 3 is 2.47 bits per heavy atom. The zero-order valence-corrected chi connectivity index (χ0v) is 28.4. The maximum Gasteiger partial charge on any atom is 0.348 e. The SMILES string of the molecule is COc1ccc([C@H](Cc2c(C)cncc2Cl)OC(=O)c2ccc(CNC(C(=O)OCCN3CCCC3)c3ccccc3)s2)cc1OC. The Morgan fingerprint density at radius 2 is 1.74 bits per heavy atom. The Morgan fingerprint density at radius 1 is 0.979 bits per heavy atom. The second kappa shape index (κ2) is 16.7. The molecule has 5 rings (SSSR count). The van der Waals surface area contributed by atoms with Gasteiger partial charge in [0.1, 0.15) is 23.6 Å². The van der Waals surface area contributed by atoms with Gasteiger partial charge in [-0.25, -0.2) is 9.59 Å². The van der Waals surface area contributed by atoms with Crippen LogP contribution in [0.1, 0.15) is 61.8 Å². The van der Waals surface area contributed by atoms with Gasteiger partial charge in [-0.1, -0.05) is 48.0 Å². The van der Waals surface area contributed by atoms with Gasteiger partial charge in [0.05, 0.1) is 19.2 Å². The van der Waals surface area contributed by atoms with E-state index in [2.05, 4.69) is 15.2 Å². The molecule has 47 heavy (non-hydrogen) atoms. The Balaban J connectivity index is 1.28. The van der Waals surface area contributed by atoms with Crippen LogP contribution in [0.25, 0.3) is 0 Å². The van der Waals surface area contributed by atoms with Crippen molar-refractivity contribution in [1.29, 1.82) is 0 Å². The molecule has 1 saturated heterocycles. The van der Waals surface area contributed by atoms with Gasteiger partial charge in [0, 0.05) is 36.8 Å². The van der Waals surface area contributed by atoms with Crippen LogP contribution >= 0.6 is 22.9 Å². The number of benzene rings is 2. The number of ether oxygens (including phenoxy) is 4. The molecule has 0 bridgehead atoms. The van der Waals surface area contributed by atoms with Gasteiger partial charge in [-0.3, -0.25) is 15.2 Å². The fourth-order valence-corrected chi connectivity index (χ4v) is 6.73. The summed E-state index contributed by atoms with van der Waals surface area (Å²) in [5.41, 5.74) is 3.28. The Kier molecular flexibility index (Phi) is 12.2. The molecule has 2 atom stereocenters. The van der Waals surface area contributed by atoms with Gasteiger partial charge in [-0.2, -0.15) is 0 Å². The highest BCUT2D eigenvalue weighted by molar-refractivity contribution is 7.13. The number of halogens is 1. The van der Waals surface area contributed by atoms with Crippen molar-refractivity contribution < 1.29 is 28.5 Å². The number of aryl methyl sites for hydroxylation is 1. The number of nitrogens with one attached hydrogen (secondary N) is 1. The first kappa shape index (κ1) is 34.4. The summed E-state index contributed by atoms with van der Waals surface area (Å²) in [7, 11) is 3.13. The largest absolute Gasteiger partial charge is 0.493 e. The third-order valence-electron chi connectivity index (χ3n) is 8.20. The predicted octanol–water partition coefficient (Wildman–Crippen LogP) is 6.73. The van der Waals surface area contributed by atoms with Crippen molar-refractivity contribution in [2.75, 3.05) is 40.5 Å². The molecule has 2 aromatic carbocycles. The Labute approximate surface area is 284 Å². The third-order valence-corrected chi connectivity index (χ3v) is 9.59. The minimum atomic E-state index is -0.664. The average Bonchev–Trinajstić information content (AvgIpc) is 3.79. The number of hydrogen-bond donors (Lipinski definition) is 1. The summed E-state index contributed by atoms with van der Waals surface area (Å²) in [6.45, 7) is 5.47. The predicted molar refractivity (Wildman–Crippen MR) is 182 cm³/mol. The van der Waals surface area contributed by atoms with Crippen LogP contribution in [0.5, 0.6) is 11.5 Å². The van der Waals surface area contributed by atoms with Crippen molar-refractivity contribution in [1.82, 2.24) is 15.2 Å². The van der Waals surface area contributed by atoms with Crippen molar-refractivity contribution in [2.45, 2.75) is 44.9 Å². The summed E-state index contributed by atoms with van der Waals surface area (Å²) < 4.78 is 22.8. The molecule has 11 heteroatoms. The van der Waals surface area contributed by atoms with Crippen LogP contribution in [-0.2, 0) is 27.2 Å². The number of pyridine rings is 1. The van der Waals surface area contributed by atoms with E-state index >= 15 is 0 Å². The smallest absolute Gasteiger partial charge is 0.348 e. The van der Waals surface area contributed by atoms with E-state index in [0.717, 1.165) is 46.8 Å². The summed E-state index contributed by atoms with van der Waals surface area (Å²) in [6.07, 6.45) is 5.37. The standard InChI is InChI=1S/C36H40ClN3O6S/c1-24-21-38-23-29(37)28(24)20-31(26-11-13-30(43-2)32(19-26)44-3)46-35(41)33-14-12-27(47-33)22-39-34(25-9-5-4-6-10-25)36(42)45-18-17-40-15-7-8-16-40/h4-6,9-14,19,21,23,31,34,39H,7-8,15-18,20,22H2,1-3H3/t31-,34?/m0/s1. The van der Waals surface area contributed by atoms with Crippen molar-refractivity contribution in [2.24, 2.45) is 0 Å². The zero-order valence-electron chi connectivity index (χ0n) is 26.9.